The van der Waals surface area contributed by atoms with Crippen LogP contribution in [0.1, 0.15) is 30.0 Å². The lowest BCUT2D eigenvalue weighted by Gasteiger charge is -2.22. The largest absolute Gasteiger partial charge is 0.379 e. The molecule has 18 heavy (non-hydrogen) atoms. The molecule has 0 aliphatic carbocycles. The lowest BCUT2D eigenvalue weighted by atomic mass is 10.1. The number of methoxy groups -OCH3 is 1. The molecule has 100 valence electrons. The van der Waals surface area contributed by atoms with E-state index in [-0.39, 0.29) is 5.60 Å². The van der Waals surface area contributed by atoms with Crippen LogP contribution in [0.2, 0.25) is 0 Å². The number of rotatable bonds is 6. The highest BCUT2D eigenvalue weighted by atomic mass is 32.1. The van der Waals surface area contributed by atoms with E-state index in [0.717, 1.165) is 11.3 Å². The van der Waals surface area contributed by atoms with Gasteiger partial charge in [-0.3, -0.25) is 0 Å². The van der Waals surface area contributed by atoms with Gasteiger partial charge in [0.25, 0.3) is 0 Å². The molecular weight excluding hydrogens is 246 g/mol. The van der Waals surface area contributed by atoms with Crippen LogP contribution in [0.3, 0.4) is 0 Å². The van der Waals surface area contributed by atoms with Crippen molar-refractivity contribution in [3.8, 4) is 11.8 Å². The fourth-order valence-electron chi connectivity index (χ4n) is 1.25. The highest BCUT2D eigenvalue weighted by Gasteiger charge is 2.15. The average Bonchev–Trinajstić information content (AvgIpc) is 2.80. The Balaban J connectivity index is 2.30. The quantitative estimate of drug-likeness (QED) is 0.636. The Bertz CT molecular complexity index is 415. The Morgan fingerprint density at radius 3 is 2.83 bits per heavy atom. The summed E-state index contributed by atoms with van der Waals surface area (Å²) in [6, 6.07) is 4.05. The highest BCUT2D eigenvalue weighted by Crippen LogP contribution is 2.17. The van der Waals surface area contributed by atoms with E-state index in [2.05, 4.69) is 25.7 Å². The predicted molar refractivity (Wildman–Crippen MR) is 75.6 cm³/mol. The standard InChI is InChI=1S/C14H21NO2S/c1-14(2,16-3)8-10-17-11-13-7-6-12(18-13)5-4-9-15/h6-7H,8-11,15H2,1-3H3. The Morgan fingerprint density at radius 2 is 2.17 bits per heavy atom. The second kappa shape index (κ2) is 7.55. The van der Waals surface area contributed by atoms with Gasteiger partial charge in [-0.2, -0.15) is 0 Å². The molecule has 0 amide bonds. The molecule has 0 saturated heterocycles. The van der Waals surface area contributed by atoms with E-state index in [0.29, 0.717) is 19.8 Å². The van der Waals surface area contributed by atoms with Crippen molar-refractivity contribution in [1.82, 2.24) is 0 Å². The summed E-state index contributed by atoms with van der Waals surface area (Å²) in [7, 11) is 1.72. The van der Waals surface area contributed by atoms with Crippen molar-refractivity contribution in [2.24, 2.45) is 5.73 Å². The first-order chi connectivity index (χ1) is 8.57. The van der Waals surface area contributed by atoms with Crippen molar-refractivity contribution in [3.63, 3.8) is 0 Å². The minimum absolute atomic E-state index is 0.118. The maximum atomic E-state index is 5.63. The van der Waals surface area contributed by atoms with E-state index in [1.54, 1.807) is 18.4 Å². The molecule has 0 saturated carbocycles. The molecule has 1 rings (SSSR count). The number of nitrogens with two attached hydrogens (primary N) is 1. The fraction of sp³-hybridized carbons (Fsp3) is 0.571. The molecule has 0 unspecified atom stereocenters. The third-order valence-corrected chi connectivity index (χ3v) is 3.59. The van der Waals surface area contributed by atoms with Crippen molar-refractivity contribution in [2.75, 3.05) is 20.3 Å². The van der Waals surface area contributed by atoms with Crippen LogP contribution in [0, 0.1) is 11.8 Å². The highest BCUT2D eigenvalue weighted by molar-refractivity contribution is 7.12. The summed E-state index contributed by atoms with van der Waals surface area (Å²) in [5, 5.41) is 0. The molecule has 1 aromatic heterocycles. The van der Waals surface area contributed by atoms with Gasteiger partial charge in [-0.1, -0.05) is 11.8 Å². The van der Waals surface area contributed by atoms with Gasteiger partial charge in [0.2, 0.25) is 0 Å². The van der Waals surface area contributed by atoms with E-state index in [1.807, 2.05) is 12.1 Å². The molecule has 0 radical (unpaired) electrons. The predicted octanol–water partition coefficient (Wildman–Crippen LogP) is 2.39. The lowest BCUT2D eigenvalue weighted by molar-refractivity contribution is -0.0121. The van der Waals surface area contributed by atoms with Gasteiger partial charge >= 0.3 is 0 Å². The molecule has 0 aliphatic rings. The van der Waals surface area contributed by atoms with Crippen molar-refractivity contribution >= 4 is 11.3 Å². The van der Waals surface area contributed by atoms with E-state index < -0.39 is 0 Å². The molecule has 1 aromatic rings. The molecule has 0 aromatic carbocycles. The van der Waals surface area contributed by atoms with Gasteiger partial charge in [-0.15, -0.1) is 11.3 Å². The van der Waals surface area contributed by atoms with Gasteiger partial charge in [-0.25, -0.2) is 0 Å². The van der Waals surface area contributed by atoms with E-state index in [4.69, 9.17) is 15.2 Å². The van der Waals surface area contributed by atoms with Crippen molar-refractivity contribution in [2.45, 2.75) is 32.5 Å². The molecule has 2 N–H and O–H groups in total. The number of hydrogen-bond acceptors (Lipinski definition) is 4. The second-order valence-corrected chi connectivity index (χ2v) is 5.71. The molecule has 0 fully saturated rings. The Morgan fingerprint density at radius 1 is 1.39 bits per heavy atom. The average molecular weight is 267 g/mol. The van der Waals surface area contributed by atoms with Crippen LogP contribution in [0.5, 0.6) is 0 Å². The molecule has 0 aliphatic heterocycles. The monoisotopic (exact) mass is 267 g/mol. The first kappa shape index (κ1) is 15.2. The van der Waals surface area contributed by atoms with Gasteiger partial charge in [0, 0.05) is 18.6 Å². The maximum absolute atomic E-state index is 5.63. The Labute approximate surface area is 113 Å². The zero-order valence-corrected chi connectivity index (χ0v) is 12.1. The molecular formula is C14H21NO2S. The van der Waals surface area contributed by atoms with Crippen molar-refractivity contribution < 1.29 is 9.47 Å². The topological polar surface area (TPSA) is 44.5 Å². The lowest BCUT2D eigenvalue weighted by Crippen LogP contribution is -2.24. The van der Waals surface area contributed by atoms with Crippen LogP contribution in [0.4, 0.5) is 0 Å². The van der Waals surface area contributed by atoms with Gasteiger partial charge in [0.05, 0.1) is 23.6 Å². The zero-order chi connectivity index (χ0) is 13.4. The normalized spacial score (nSPS) is 11.1. The summed E-state index contributed by atoms with van der Waals surface area (Å²) in [4.78, 5) is 2.22. The molecule has 0 bridgehead atoms. The van der Waals surface area contributed by atoms with Gasteiger partial charge in [0.1, 0.15) is 0 Å². The Hall–Kier alpha value is -0.860. The van der Waals surface area contributed by atoms with Crippen molar-refractivity contribution in [3.05, 3.63) is 21.9 Å². The molecule has 4 heteroatoms. The summed E-state index contributed by atoms with van der Waals surface area (Å²) in [5.74, 6) is 5.86. The number of thiophene rings is 1. The number of ether oxygens (including phenoxy) is 2. The van der Waals surface area contributed by atoms with Gasteiger partial charge in [-0.05, 0) is 32.4 Å². The third-order valence-electron chi connectivity index (χ3n) is 2.62. The van der Waals surface area contributed by atoms with E-state index in [9.17, 15) is 0 Å². The minimum atomic E-state index is -0.118. The van der Waals surface area contributed by atoms with Crippen molar-refractivity contribution in [1.29, 1.82) is 0 Å². The summed E-state index contributed by atoms with van der Waals surface area (Å²) in [6.07, 6.45) is 0.884. The summed E-state index contributed by atoms with van der Waals surface area (Å²) >= 11 is 1.65. The van der Waals surface area contributed by atoms with Crippen LogP contribution >= 0.6 is 11.3 Å². The molecule has 1 heterocycles. The summed E-state index contributed by atoms with van der Waals surface area (Å²) < 4.78 is 11.0. The zero-order valence-electron chi connectivity index (χ0n) is 11.3. The summed E-state index contributed by atoms with van der Waals surface area (Å²) in [6.45, 7) is 5.84. The summed E-state index contributed by atoms with van der Waals surface area (Å²) in [5.41, 5.74) is 5.21. The van der Waals surface area contributed by atoms with Crippen LogP contribution in [0.15, 0.2) is 12.1 Å². The van der Waals surface area contributed by atoms with Crippen LogP contribution in [-0.2, 0) is 16.1 Å². The number of hydrogen-bond donors (Lipinski definition) is 1. The first-order valence-corrected chi connectivity index (χ1v) is 6.79. The molecule has 0 spiro atoms. The van der Waals surface area contributed by atoms with Gasteiger partial charge in [0.15, 0.2) is 0 Å². The smallest absolute Gasteiger partial charge is 0.0809 e. The minimum Gasteiger partial charge on any atom is -0.379 e. The first-order valence-electron chi connectivity index (χ1n) is 5.98. The van der Waals surface area contributed by atoms with Crippen LogP contribution in [-0.4, -0.2) is 25.9 Å². The van der Waals surface area contributed by atoms with Crippen LogP contribution < -0.4 is 5.73 Å². The van der Waals surface area contributed by atoms with E-state index in [1.165, 1.54) is 4.88 Å². The maximum Gasteiger partial charge on any atom is 0.0809 e. The third kappa shape index (κ3) is 5.65. The molecule has 3 nitrogen and oxygen atoms in total. The SMILES string of the molecule is COC(C)(C)CCOCc1ccc(C#CCN)s1. The van der Waals surface area contributed by atoms with Crippen LogP contribution in [0.25, 0.3) is 0 Å². The van der Waals surface area contributed by atoms with E-state index >= 15 is 0 Å². The molecule has 0 atom stereocenters. The van der Waals surface area contributed by atoms with Gasteiger partial charge < -0.3 is 15.2 Å². The Kier molecular flexibility index (Phi) is 6.37. The second-order valence-electron chi connectivity index (χ2n) is 4.54. The fourth-order valence-corrected chi connectivity index (χ4v) is 2.07.